The van der Waals surface area contributed by atoms with Gasteiger partial charge in [0.2, 0.25) is 0 Å². The van der Waals surface area contributed by atoms with Crippen LogP contribution in [-0.2, 0) is 10.0 Å². The van der Waals surface area contributed by atoms with Crippen LogP contribution in [0, 0.1) is 6.92 Å². The van der Waals surface area contributed by atoms with E-state index >= 15 is 0 Å². The van der Waals surface area contributed by atoms with Gasteiger partial charge in [-0.05, 0) is 41.4 Å². The van der Waals surface area contributed by atoms with Gasteiger partial charge >= 0.3 is 0 Å². The number of rotatable bonds is 5. The molecule has 1 heterocycles. The predicted octanol–water partition coefficient (Wildman–Crippen LogP) is 3.35. The molecule has 1 aromatic heterocycles. The van der Waals surface area contributed by atoms with Crippen molar-refractivity contribution in [2.24, 2.45) is 0 Å². The number of aryl methyl sites for hydroxylation is 1. The van der Waals surface area contributed by atoms with Crippen molar-refractivity contribution in [1.29, 1.82) is 0 Å². The molecule has 0 spiro atoms. The van der Waals surface area contributed by atoms with Crippen molar-refractivity contribution < 1.29 is 12.9 Å². The summed E-state index contributed by atoms with van der Waals surface area (Å²) in [7, 11) is -3.66. The lowest BCUT2D eigenvalue weighted by Crippen LogP contribution is -2.31. The first kappa shape index (κ1) is 15.1. The Hall–Kier alpha value is -1.34. The number of sulfonamides is 1. The van der Waals surface area contributed by atoms with Gasteiger partial charge in [-0.25, -0.2) is 12.7 Å². The maximum atomic E-state index is 12.7. The highest BCUT2D eigenvalue weighted by Gasteiger charge is 2.29. The van der Waals surface area contributed by atoms with Crippen molar-refractivity contribution in [3.63, 3.8) is 0 Å². The number of hydrogen-bond acceptors (Lipinski definition) is 4. The van der Waals surface area contributed by atoms with Crippen LogP contribution in [0.5, 0.6) is 0 Å². The smallest absolute Gasteiger partial charge is 0.266 e. The van der Waals surface area contributed by atoms with Gasteiger partial charge in [0.1, 0.15) is 4.47 Å². The fraction of sp³-hybridized carbons (Fsp3) is 0.308. The van der Waals surface area contributed by atoms with Gasteiger partial charge in [0.25, 0.3) is 15.9 Å². The molecule has 0 aliphatic rings. The van der Waals surface area contributed by atoms with Gasteiger partial charge in [0, 0.05) is 6.54 Å². The second-order valence-corrected chi connectivity index (χ2v) is 6.93. The minimum atomic E-state index is -3.66. The minimum Gasteiger partial charge on any atom is -0.336 e. The van der Waals surface area contributed by atoms with E-state index in [1.165, 1.54) is 4.31 Å². The molecule has 0 radical (unpaired) electrons. The lowest BCUT2D eigenvalue weighted by atomic mass is 10.4. The molecule has 0 saturated carbocycles. The minimum absolute atomic E-state index is 0.216. The second-order valence-electron chi connectivity index (χ2n) is 4.28. The molecule has 5 nitrogen and oxygen atoms in total. The van der Waals surface area contributed by atoms with E-state index in [0.717, 1.165) is 0 Å². The lowest BCUT2D eigenvalue weighted by Gasteiger charge is -2.20. The molecule has 2 rings (SSSR count). The Morgan fingerprint density at radius 1 is 1.30 bits per heavy atom. The molecule has 2 aromatic rings. The molecular formula is C13H15BrN2O3S. The van der Waals surface area contributed by atoms with Gasteiger partial charge in [-0.3, -0.25) is 0 Å². The van der Waals surface area contributed by atoms with E-state index < -0.39 is 10.0 Å². The third kappa shape index (κ3) is 2.73. The van der Waals surface area contributed by atoms with Gasteiger partial charge in [-0.15, -0.1) is 0 Å². The SMILES string of the molecule is CCCN(c1onc(C)c1Br)S(=O)(=O)c1ccccc1. The summed E-state index contributed by atoms with van der Waals surface area (Å²) in [6.07, 6.45) is 0.665. The molecule has 20 heavy (non-hydrogen) atoms. The molecule has 0 bridgehead atoms. The third-order valence-electron chi connectivity index (χ3n) is 2.76. The molecule has 0 aliphatic carbocycles. The molecule has 0 N–H and O–H groups in total. The zero-order valence-electron chi connectivity index (χ0n) is 11.2. The van der Waals surface area contributed by atoms with E-state index in [4.69, 9.17) is 4.52 Å². The number of nitrogens with zero attached hydrogens (tertiary/aromatic N) is 2. The maximum absolute atomic E-state index is 12.7. The average Bonchev–Trinajstić information content (AvgIpc) is 2.77. The van der Waals surface area contributed by atoms with Crippen LogP contribution in [0.4, 0.5) is 5.88 Å². The molecular weight excluding hydrogens is 344 g/mol. The Balaban J connectivity index is 2.51. The van der Waals surface area contributed by atoms with Gasteiger partial charge in [0.15, 0.2) is 0 Å². The molecule has 1 aromatic carbocycles. The van der Waals surface area contributed by atoms with E-state index in [1.54, 1.807) is 37.3 Å². The maximum Gasteiger partial charge on any atom is 0.266 e. The van der Waals surface area contributed by atoms with E-state index in [2.05, 4.69) is 21.1 Å². The molecule has 0 amide bonds. The van der Waals surface area contributed by atoms with Gasteiger partial charge in [-0.2, -0.15) is 0 Å². The zero-order chi connectivity index (χ0) is 14.8. The monoisotopic (exact) mass is 358 g/mol. The van der Waals surface area contributed by atoms with Crippen LogP contribution in [0.15, 0.2) is 44.2 Å². The van der Waals surface area contributed by atoms with Crippen LogP contribution in [0.3, 0.4) is 0 Å². The summed E-state index contributed by atoms with van der Waals surface area (Å²) < 4.78 is 32.4. The summed E-state index contributed by atoms with van der Waals surface area (Å²) in [5.74, 6) is 0.216. The highest BCUT2D eigenvalue weighted by molar-refractivity contribution is 9.10. The summed E-state index contributed by atoms with van der Waals surface area (Å²) in [5, 5.41) is 3.80. The molecule has 0 fully saturated rings. The Morgan fingerprint density at radius 3 is 2.45 bits per heavy atom. The molecule has 7 heteroatoms. The summed E-state index contributed by atoms with van der Waals surface area (Å²) in [5.41, 5.74) is 0.615. The van der Waals surface area contributed by atoms with Crippen LogP contribution >= 0.6 is 15.9 Å². The largest absolute Gasteiger partial charge is 0.336 e. The van der Waals surface area contributed by atoms with Crippen LogP contribution in [-0.4, -0.2) is 20.1 Å². The fourth-order valence-corrected chi connectivity index (χ4v) is 3.75. The molecule has 0 atom stereocenters. The van der Waals surface area contributed by atoms with Crippen molar-refractivity contribution >= 4 is 31.8 Å². The first-order chi connectivity index (χ1) is 9.48. The van der Waals surface area contributed by atoms with Gasteiger partial charge in [0.05, 0.1) is 10.6 Å². The van der Waals surface area contributed by atoms with Gasteiger partial charge < -0.3 is 4.52 Å². The lowest BCUT2D eigenvalue weighted by molar-refractivity contribution is 0.419. The number of benzene rings is 1. The van der Waals surface area contributed by atoms with Crippen molar-refractivity contribution in [3.8, 4) is 0 Å². The van der Waals surface area contributed by atoms with Crippen molar-refractivity contribution in [1.82, 2.24) is 5.16 Å². The normalized spacial score (nSPS) is 11.6. The summed E-state index contributed by atoms with van der Waals surface area (Å²) >= 11 is 3.32. The highest BCUT2D eigenvalue weighted by atomic mass is 79.9. The average molecular weight is 359 g/mol. The summed E-state index contributed by atoms with van der Waals surface area (Å²) in [6.45, 7) is 3.98. The third-order valence-corrected chi connectivity index (χ3v) is 5.47. The number of hydrogen-bond donors (Lipinski definition) is 0. The van der Waals surface area contributed by atoms with E-state index in [0.29, 0.717) is 23.1 Å². The van der Waals surface area contributed by atoms with E-state index in [-0.39, 0.29) is 10.8 Å². The highest BCUT2D eigenvalue weighted by Crippen LogP contribution is 2.33. The quantitative estimate of drug-likeness (QED) is 0.821. The Bertz CT molecular complexity index is 683. The molecule has 0 saturated heterocycles. The second kappa shape index (κ2) is 5.97. The summed E-state index contributed by atoms with van der Waals surface area (Å²) in [4.78, 5) is 0.231. The Kier molecular flexibility index (Phi) is 4.49. The predicted molar refractivity (Wildman–Crippen MR) is 80.2 cm³/mol. The number of halogens is 1. The first-order valence-corrected chi connectivity index (χ1v) is 8.41. The Morgan fingerprint density at radius 2 is 1.95 bits per heavy atom. The van der Waals surface area contributed by atoms with Crippen LogP contribution in [0.25, 0.3) is 0 Å². The van der Waals surface area contributed by atoms with E-state index in [9.17, 15) is 8.42 Å². The van der Waals surface area contributed by atoms with E-state index in [1.807, 2.05) is 6.92 Å². The van der Waals surface area contributed by atoms with Crippen LogP contribution < -0.4 is 4.31 Å². The molecule has 0 aliphatic heterocycles. The zero-order valence-corrected chi connectivity index (χ0v) is 13.6. The fourth-order valence-electron chi connectivity index (χ4n) is 1.76. The standard InChI is InChI=1S/C13H15BrN2O3S/c1-3-9-16(13-12(14)10(2)15-19-13)20(17,18)11-7-5-4-6-8-11/h4-8H,3,9H2,1-2H3. The number of anilines is 1. The number of aromatic nitrogens is 1. The van der Waals surface area contributed by atoms with Crippen molar-refractivity contribution in [3.05, 3.63) is 40.5 Å². The van der Waals surface area contributed by atoms with Gasteiger partial charge in [-0.1, -0.05) is 30.3 Å². The first-order valence-electron chi connectivity index (χ1n) is 6.18. The van der Waals surface area contributed by atoms with Crippen LogP contribution in [0.2, 0.25) is 0 Å². The molecule has 108 valence electrons. The summed E-state index contributed by atoms with van der Waals surface area (Å²) in [6, 6.07) is 8.29. The van der Waals surface area contributed by atoms with Crippen LogP contribution in [0.1, 0.15) is 19.0 Å². The van der Waals surface area contributed by atoms with Crippen molar-refractivity contribution in [2.75, 3.05) is 10.8 Å². The molecule has 0 unspecified atom stereocenters. The topological polar surface area (TPSA) is 63.4 Å². The van der Waals surface area contributed by atoms with Crippen molar-refractivity contribution in [2.45, 2.75) is 25.2 Å². The Labute approximate surface area is 126 Å².